The van der Waals surface area contributed by atoms with E-state index in [0.717, 1.165) is 10.7 Å². The summed E-state index contributed by atoms with van der Waals surface area (Å²) in [6, 6.07) is 2.90. The molecule has 110 valence electrons. The average Bonchev–Trinajstić information content (AvgIpc) is 2.38. The van der Waals surface area contributed by atoms with Crippen LogP contribution in [0.15, 0.2) is 12.1 Å². The molecule has 8 heteroatoms. The Hall–Kier alpha value is 0.700. The Kier molecular flexibility index (Phi) is 8.42. The second kappa shape index (κ2) is 8.98. The van der Waals surface area contributed by atoms with Gasteiger partial charge in [0.05, 0.1) is 5.56 Å². The maximum Gasteiger partial charge on any atom is 0.326 e. The first kappa shape index (κ1) is 18.7. The van der Waals surface area contributed by atoms with Gasteiger partial charge in [-0.05, 0) is 98.3 Å². The van der Waals surface area contributed by atoms with Crippen LogP contribution >= 0.6 is 79.5 Å². The fraction of sp³-hybridized carbons (Fsp3) is 0.333. The lowest BCUT2D eigenvalue weighted by Crippen LogP contribution is -2.41. The molecular formula is C12H12I3NO3S. The number of amides is 1. The van der Waals surface area contributed by atoms with Gasteiger partial charge in [0.1, 0.15) is 6.04 Å². The highest BCUT2D eigenvalue weighted by molar-refractivity contribution is 14.1. The average molecular weight is 631 g/mol. The standard InChI is InChI=1S/C12H12I3NO3S/c1-20-3-2-9(12(18)19)16-11(17)7-4-6(13)5-8(14)10(7)15/h4-5,9H,2-3H2,1H3,(H,16,17)(H,18,19). The predicted molar refractivity (Wildman–Crippen MR) is 106 cm³/mol. The van der Waals surface area contributed by atoms with Gasteiger partial charge in [-0.2, -0.15) is 11.8 Å². The van der Waals surface area contributed by atoms with Crippen LogP contribution in [-0.2, 0) is 4.79 Å². The molecule has 20 heavy (non-hydrogen) atoms. The van der Waals surface area contributed by atoms with Crippen LogP contribution in [-0.4, -0.2) is 35.0 Å². The van der Waals surface area contributed by atoms with Crippen molar-refractivity contribution in [2.75, 3.05) is 12.0 Å². The Balaban J connectivity index is 2.92. The molecule has 0 saturated heterocycles. The minimum Gasteiger partial charge on any atom is -0.480 e. The Bertz CT molecular complexity index is 525. The lowest BCUT2D eigenvalue weighted by molar-refractivity contribution is -0.139. The molecule has 0 aliphatic rings. The number of carbonyl (C=O) groups is 2. The summed E-state index contributed by atoms with van der Waals surface area (Å²) >= 11 is 7.98. The van der Waals surface area contributed by atoms with Crippen molar-refractivity contribution in [3.63, 3.8) is 0 Å². The normalized spacial score (nSPS) is 12.0. The molecule has 0 aromatic heterocycles. The zero-order chi connectivity index (χ0) is 15.3. The summed E-state index contributed by atoms with van der Waals surface area (Å²) in [6.45, 7) is 0. The number of rotatable bonds is 6. The van der Waals surface area contributed by atoms with Gasteiger partial charge in [0, 0.05) is 10.7 Å². The number of carbonyl (C=O) groups excluding carboxylic acids is 1. The first-order chi connectivity index (χ1) is 9.36. The molecule has 1 amide bonds. The molecule has 0 radical (unpaired) electrons. The van der Waals surface area contributed by atoms with Gasteiger partial charge in [-0.25, -0.2) is 4.79 Å². The van der Waals surface area contributed by atoms with E-state index in [1.54, 1.807) is 17.8 Å². The molecule has 4 nitrogen and oxygen atoms in total. The zero-order valence-electron chi connectivity index (χ0n) is 10.5. The zero-order valence-corrected chi connectivity index (χ0v) is 17.7. The summed E-state index contributed by atoms with van der Waals surface area (Å²) in [4.78, 5) is 23.4. The molecule has 0 saturated carbocycles. The number of halogens is 3. The number of hydrogen-bond acceptors (Lipinski definition) is 3. The van der Waals surface area contributed by atoms with Crippen LogP contribution in [0.1, 0.15) is 16.8 Å². The molecule has 0 heterocycles. The van der Waals surface area contributed by atoms with Gasteiger partial charge in [-0.15, -0.1) is 0 Å². The Morgan fingerprint density at radius 3 is 2.55 bits per heavy atom. The molecule has 0 fully saturated rings. The number of carboxylic acids is 1. The van der Waals surface area contributed by atoms with E-state index in [4.69, 9.17) is 5.11 Å². The Morgan fingerprint density at radius 1 is 1.35 bits per heavy atom. The number of benzene rings is 1. The van der Waals surface area contributed by atoms with Crippen molar-refractivity contribution in [3.8, 4) is 0 Å². The molecule has 1 unspecified atom stereocenters. The minimum atomic E-state index is -0.997. The molecule has 0 aliphatic carbocycles. The van der Waals surface area contributed by atoms with Crippen molar-refractivity contribution in [3.05, 3.63) is 28.4 Å². The summed E-state index contributed by atoms with van der Waals surface area (Å²) in [5.41, 5.74) is 0.525. The van der Waals surface area contributed by atoms with Gasteiger partial charge in [0.25, 0.3) is 5.91 Å². The smallest absolute Gasteiger partial charge is 0.326 e. The van der Waals surface area contributed by atoms with Gasteiger partial charge in [0.2, 0.25) is 0 Å². The van der Waals surface area contributed by atoms with E-state index in [1.807, 2.05) is 12.3 Å². The van der Waals surface area contributed by atoms with Gasteiger partial charge >= 0.3 is 5.97 Å². The van der Waals surface area contributed by atoms with Crippen LogP contribution in [0.25, 0.3) is 0 Å². The topological polar surface area (TPSA) is 66.4 Å². The number of thioether (sulfide) groups is 1. The predicted octanol–water partition coefficient (Wildman–Crippen LogP) is 3.44. The quantitative estimate of drug-likeness (QED) is 0.374. The first-order valence-corrected chi connectivity index (χ1v) is 10.2. The molecule has 1 aromatic carbocycles. The van der Waals surface area contributed by atoms with Crippen LogP contribution < -0.4 is 5.32 Å². The second-order valence-corrected chi connectivity index (χ2v) is 8.37. The molecule has 1 aromatic rings. The summed E-state index contributed by atoms with van der Waals surface area (Å²) < 4.78 is 2.78. The largest absolute Gasteiger partial charge is 0.480 e. The molecule has 0 spiro atoms. The summed E-state index contributed by atoms with van der Waals surface area (Å²) in [5.74, 6) is -0.639. The highest BCUT2D eigenvalue weighted by Gasteiger charge is 2.22. The number of carboxylic acid groups (broad SMARTS) is 1. The maximum absolute atomic E-state index is 12.3. The van der Waals surface area contributed by atoms with E-state index in [2.05, 4.69) is 73.1 Å². The van der Waals surface area contributed by atoms with Crippen LogP contribution in [0.3, 0.4) is 0 Å². The van der Waals surface area contributed by atoms with Crippen molar-refractivity contribution in [2.24, 2.45) is 0 Å². The highest BCUT2D eigenvalue weighted by Crippen LogP contribution is 2.23. The number of nitrogens with one attached hydrogen (secondary N) is 1. The third-order valence-corrected chi connectivity index (χ3v) is 6.76. The van der Waals surface area contributed by atoms with Crippen LogP contribution in [0.2, 0.25) is 0 Å². The highest BCUT2D eigenvalue weighted by atomic mass is 127. The lowest BCUT2D eigenvalue weighted by Gasteiger charge is -2.15. The van der Waals surface area contributed by atoms with E-state index in [9.17, 15) is 9.59 Å². The van der Waals surface area contributed by atoms with Crippen LogP contribution in [0.4, 0.5) is 0 Å². The van der Waals surface area contributed by atoms with Crippen molar-refractivity contribution in [1.82, 2.24) is 5.32 Å². The summed E-state index contributed by atoms with van der Waals surface area (Å²) in [7, 11) is 0. The van der Waals surface area contributed by atoms with E-state index in [0.29, 0.717) is 17.7 Å². The SMILES string of the molecule is CSCCC(NC(=O)c1cc(I)cc(I)c1I)C(=O)O. The third-order valence-electron chi connectivity index (χ3n) is 2.45. The van der Waals surface area contributed by atoms with E-state index < -0.39 is 12.0 Å². The minimum absolute atomic E-state index is 0.334. The van der Waals surface area contributed by atoms with E-state index in [1.165, 1.54) is 0 Å². The Labute approximate surface area is 162 Å². The summed E-state index contributed by atoms with van der Waals surface area (Å²) in [6.07, 6.45) is 2.32. The molecule has 2 N–H and O–H groups in total. The van der Waals surface area contributed by atoms with Gasteiger partial charge < -0.3 is 10.4 Å². The van der Waals surface area contributed by atoms with Crippen LogP contribution in [0.5, 0.6) is 0 Å². The van der Waals surface area contributed by atoms with Crippen molar-refractivity contribution >= 4 is 91.4 Å². The van der Waals surface area contributed by atoms with Crippen molar-refractivity contribution < 1.29 is 14.7 Å². The van der Waals surface area contributed by atoms with Crippen molar-refractivity contribution in [1.29, 1.82) is 0 Å². The van der Waals surface area contributed by atoms with E-state index in [-0.39, 0.29) is 5.91 Å². The molecular weight excluding hydrogens is 619 g/mol. The van der Waals surface area contributed by atoms with Crippen LogP contribution in [0, 0.1) is 10.7 Å². The molecule has 1 atom stereocenters. The monoisotopic (exact) mass is 631 g/mol. The Morgan fingerprint density at radius 2 is 2.00 bits per heavy atom. The van der Waals surface area contributed by atoms with Gasteiger partial charge in [0.15, 0.2) is 0 Å². The van der Waals surface area contributed by atoms with Gasteiger partial charge in [-0.3, -0.25) is 4.79 Å². The maximum atomic E-state index is 12.3. The number of hydrogen-bond donors (Lipinski definition) is 2. The molecule has 0 aliphatic heterocycles. The van der Waals surface area contributed by atoms with Gasteiger partial charge in [-0.1, -0.05) is 0 Å². The molecule has 0 bridgehead atoms. The third kappa shape index (κ3) is 5.48. The summed E-state index contributed by atoms with van der Waals surface area (Å²) in [5, 5.41) is 11.7. The first-order valence-electron chi connectivity index (χ1n) is 5.54. The second-order valence-electron chi connectivity index (χ2n) is 3.89. The van der Waals surface area contributed by atoms with Crippen molar-refractivity contribution in [2.45, 2.75) is 12.5 Å². The van der Waals surface area contributed by atoms with E-state index >= 15 is 0 Å². The fourth-order valence-corrected chi connectivity index (χ4v) is 4.32. The molecule has 1 rings (SSSR count). The fourth-order valence-electron chi connectivity index (χ4n) is 1.45. The number of aliphatic carboxylic acids is 1. The lowest BCUT2D eigenvalue weighted by atomic mass is 10.1.